The second kappa shape index (κ2) is 16.3. The zero-order chi connectivity index (χ0) is 39.4. The van der Waals surface area contributed by atoms with E-state index in [0.717, 1.165) is 14.9 Å². The number of ether oxygens (including phenoxy) is 3. The molecule has 2 N–H and O–H groups in total. The molecule has 53 heavy (non-hydrogen) atoms. The Morgan fingerprint density at radius 3 is 2.08 bits per heavy atom. The van der Waals surface area contributed by atoms with E-state index in [1.165, 1.54) is 25.5 Å². The Hall–Kier alpha value is -4.37. The predicted molar refractivity (Wildman–Crippen MR) is 206 cm³/mol. The van der Waals surface area contributed by atoms with Crippen LogP contribution < -0.4 is 21.4 Å². The van der Waals surface area contributed by atoms with Crippen molar-refractivity contribution in [2.45, 2.75) is 103 Å². The van der Waals surface area contributed by atoms with Crippen molar-refractivity contribution in [3.8, 4) is 0 Å². The van der Waals surface area contributed by atoms with Gasteiger partial charge >= 0.3 is 17.8 Å². The fourth-order valence-electron chi connectivity index (χ4n) is 6.49. The van der Waals surface area contributed by atoms with Gasteiger partial charge in [-0.15, -0.1) is 0 Å². The molecule has 1 aromatic heterocycles. The van der Waals surface area contributed by atoms with Crippen LogP contribution in [0.3, 0.4) is 0 Å². The molecule has 0 aliphatic carbocycles. The molecule has 1 aliphatic rings. The van der Waals surface area contributed by atoms with E-state index in [0.29, 0.717) is 0 Å². The number of hydrogen-bond acceptors (Lipinski definition) is 10. The Bertz CT molecular complexity index is 1750. The van der Waals surface area contributed by atoms with Crippen molar-refractivity contribution in [3.05, 3.63) is 83.4 Å². The lowest BCUT2D eigenvalue weighted by molar-refractivity contribution is -0.167. The van der Waals surface area contributed by atoms with Gasteiger partial charge in [0.05, 0.1) is 12.9 Å². The zero-order valence-electron chi connectivity index (χ0n) is 32.7. The van der Waals surface area contributed by atoms with Crippen molar-refractivity contribution in [3.63, 3.8) is 0 Å². The minimum Gasteiger partial charge on any atom is -0.455 e. The highest BCUT2D eigenvalue weighted by Gasteiger charge is 2.58. The van der Waals surface area contributed by atoms with E-state index in [2.05, 4.69) is 60.3 Å². The number of rotatable bonds is 12. The van der Waals surface area contributed by atoms with Crippen molar-refractivity contribution in [2.75, 3.05) is 20.7 Å². The number of hydrogen-bond donors (Lipinski definition) is 2. The lowest BCUT2D eigenvalue weighted by atomic mass is 9.95. The van der Waals surface area contributed by atoms with E-state index in [4.69, 9.17) is 18.6 Å². The summed E-state index contributed by atoms with van der Waals surface area (Å²) in [6, 6.07) is 20.4. The van der Waals surface area contributed by atoms with E-state index in [-0.39, 0.29) is 12.4 Å². The average molecular weight is 750 g/mol. The number of carbonyl (C=O) groups excluding carboxylic acids is 2. The van der Waals surface area contributed by atoms with Crippen LogP contribution in [0.4, 0.5) is 10.6 Å². The van der Waals surface area contributed by atoms with Gasteiger partial charge in [-0.2, -0.15) is 4.98 Å². The molecule has 4 rings (SSSR count). The van der Waals surface area contributed by atoms with Crippen LogP contribution in [0.25, 0.3) is 0 Å². The third-order valence-electron chi connectivity index (χ3n) is 8.92. The summed E-state index contributed by atoms with van der Waals surface area (Å²) in [5.74, 6) is -1.05. The van der Waals surface area contributed by atoms with E-state index in [9.17, 15) is 19.5 Å². The molecule has 1 fully saturated rings. The molecule has 0 bridgehead atoms. The molecule has 0 radical (unpaired) electrons. The average Bonchev–Trinajstić information content (AvgIpc) is 3.30. The molecule has 2 aromatic carbocycles. The molecule has 13 nitrogen and oxygen atoms in total. The zero-order valence-corrected chi connectivity index (χ0v) is 33.7. The van der Waals surface area contributed by atoms with Gasteiger partial charge in [-0.05, 0) is 55.1 Å². The molecule has 3 unspecified atom stereocenters. The van der Waals surface area contributed by atoms with Crippen LogP contribution in [0.5, 0.6) is 0 Å². The first-order valence-electron chi connectivity index (χ1n) is 17.8. The lowest BCUT2D eigenvalue weighted by Gasteiger charge is -2.43. The SMILES string of the molecule is CC(C)C(NC(=O)OC(C)(C)C)C(=O)OC1[C@@H](CO[Si](c2ccccc2)(c2ccccc2)C(C)(C)C)O[C@@H](n2ccc(/N=C\N(C)C)nc2=O)C1(C)O. The van der Waals surface area contributed by atoms with Crippen LogP contribution in [0.1, 0.15) is 68.5 Å². The highest BCUT2D eigenvalue weighted by molar-refractivity contribution is 6.99. The minimum absolute atomic E-state index is 0.114. The number of nitrogens with one attached hydrogen (secondary N) is 1. The molecular formula is C39H55N5O8Si. The molecule has 0 spiro atoms. The second-order valence-electron chi connectivity index (χ2n) is 16.1. The summed E-state index contributed by atoms with van der Waals surface area (Å²) in [6.45, 7) is 16.4. The van der Waals surface area contributed by atoms with Gasteiger partial charge in [-0.3, -0.25) is 4.57 Å². The number of nitrogens with zero attached hydrogens (tertiary/aromatic N) is 4. The van der Waals surface area contributed by atoms with Crippen molar-refractivity contribution in [1.82, 2.24) is 19.8 Å². The summed E-state index contributed by atoms with van der Waals surface area (Å²) in [7, 11) is 0.447. The number of aliphatic hydroxyl groups is 1. The molecule has 1 aliphatic heterocycles. The number of aromatic nitrogens is 2. The number of alkyl carbamates (subject to hydrolysis) is 1. The molecule has 1 saturated heterocycles. The van der Waals surface area contributed by atoms with Crippen molar-refractivity contribution >= 4 is 42.9 Å². The van der Waals surface area contributed by atoms with Gasteiger partial charge < -0.3 is 34.0 Å². The summed E-state index contributed by atoms with van der Waals surface area (Å²) in [4.78, 5) is 50.2. The third-order valence-corrected chi connectivity index (χ3v) is 13.9. The Balaban J connectivity index is 1.78. The number of aliphatic imine (C=N–C) groups is 1. The van der Waals surface area contributed by atoms with E-state index in [1.54, 1.807) is 53.6 Å². The van der Waals surface area contributed by atoms with Gasteiger partial charge in [0.25, 0.3) is 8.32 Å². The molecule has 288 valence electrons. The predicted octanol–water partition coefficient (Wildman–Crippen LogP) is 4.15. The molecule has 14 heteroatoms. The first-order chi connectivity index (χ1) is 24.7. The summed E-state index contributed by atoms with van der Waals surface area (Å²) < 4.78 is 26.4. The Morgan fingerprint density at radius 1 is 1.04 bits per heavy atom. The lowest BCUT2D eigenvalue weighted by Crippen LogP contribution is -2.67. The monoisotopic (exact) mass is 749 g/mol. The maximum absolute atomic E-state index is 14.0. The van der Waals surface area contributed by atoms with Gasteiger partial charge in [-0.25, -0.2) is 19.4 Å². The molecule has 0 saturated carbocycles. The van der Waals surface area contributed by atoms with Crippen LogP contribution in [-0.4, -0.2) is 96.4 Å². The maximum atomic E-state index is 14.0. The molecule has 1 amide bonds. The second-order valence-corrected chi connectivity index (χ2v) is 20.4. The first kappa shape index (κ1) is 41.4. The number of amides is 1. The summed E-state index contributed by atoms with van der Waals surface area (Å²) >= 11 is 0. The van der Waals surface area contributed by atoms with Crippen LogP contribution in [0, 0.1) is 5.92 Å². The molecular weight excluding hydrogens is 695 g/mol. The van der Waals surface area contributed by atoms with Gasteiger partial charge in [0, 0.05) is 20.3 Å². The van der Waals surface area contributed by atoms with Gasteiger partial charge in [0.2, 0.25) is 0 Å². The highest BCUT2D eigenvalue weighted by atomic mass is 28.4. The summed E-state index contributed by atoms with van der Waals surface area (Å²) in [5, 5.41) is 16.5. The Kier molecular flexibility index (Phi) is 12.8. The third kappa shape index (κ3) is 9.60. The van der Waals surface area contributed by atoms with Gasteiger partial charge in [0.15, 0.2) is 18.1 Å². The maximum Gasteiger partial charge on any atom is 0.408 e. The quantitative estimate of drug-likeness (QED) is 0.120. The van der Waals surface area contributed by atoms with Gasteiger partial charge in [-0.1, -0.05) is 95.3 Å². The topological polar surface area (TPSA) is 154 Å². The van der Waals surface area contributed by atoms with E-state index in [1.807, 2.05) is 36.4 Å². The van der Waals surface area contributed by atoms with Gasteiger partial charge in [0.1, 0.15) is 23.3 Å². The van der Waals surface area contributed by atoms with E-state index < -0.39 is 72.7 Å². The fraction of sp³-hybridized carbons (Fsp3) is 0.513. The van der Waals surface area contributed by atoms with E-state index >= 15 is 0 Å². The van der Waals surface area contributed by atoms with Crippen LogP contribution in [0.2, 0.25) is 5.04 Å². The normalized spacial score (nSPS) is 21.4. The Labute approximate surface area is 313 Å². The Morgan fingerprint density at radius 2 is 1.60 bits per heavy atom. The van der Waals surface area contributed by atoms with Crippen molar-refractivity contribution in [2.24, 2.45) is 10.9 Å². The molecule has 5 atom stereocenters. The van der Waals surface area contributed by atoms with Crippen LogP contribution >= 0.6 is 0 Å². The standard InChI is InChI=1S/C39H55N5O8Si/c1-26(2)31(42-36(47)52-37(3,4)5)33(45)51-32-29(50-34(39(32,9)48)44-23-22-30(41-35(44)46)40-25-43(10)11)24-49-53(38(6,7)8,27-18-14-12-15-19-27)28-20-16-13-17-21-28/h12-23,25-26,29,31-32,34,48H,24H2,1-11H3,(H,42,47)/b40-25-/t29-,31?,32?,34-,39?/m1/s1. The fourth-order valence-corrected chi connectivity index (χ4v) is 11.1. The number of benzene rings is 2. The summed E-state index contributed by atoms with van der Waals surface area (Å²) in [6.07, 6.45) is -1.59. The number of esters is 1. The molecule has 2 heterocycles. The largest absolute Gasteiger partial charge is 0.455 e. The van der Waals surface area contributed by atoms with Crippen molar-refractivity contribution in [1.29, 1.82) is 0 Å². The first-order valence-corrected chi connectivity index (χ1v) is 19.7. The van der Waals surface area contributed by atoms with Crippen LogP contribution in [0.15, 0.2) is 82.7 Å². The van der Waals surface area contributed by atoms with Crippen LogP contribution in [-0.2, 0) is 23.4 Å². The minimum atomic E-state index is -3.13. The summed E-state index contributed by atoms with van der Waals surface area (Å²) in [5.41, 5.74) is -3.50. The highest BCUT2D eigenvalue weighted by Crippen LogP contribution is 2.42. The number of carbonyl (C=O) groups is 2. The smallest absolute Gasteiger partial charge is 0.408 e. The van der Waals surface area contributed by atoms with Crippen molar-refractivity contribution < 1.29 is 33.3 Å². The molecule has 3 aromatic rings.